The minimum atomic E-state index is 0.132. The number of aromatic nitrogens is 3. The molecule has 0 aliphatic carbocycles. The maximum atomic E-state index is 10.0. The first-order valence-electron chi connectivity index (χ1n) is 5.96. The number of fused-ring (bicyclic) bond motifs is 4. The molecule has 90 valence electrons. The predicted molar refractivity (Wildman–Crippen MR) is 74.0 cm³/mol. The summed E-state index contributed by atoms with van der Waals surface area (Å²) in [6.45, 7) is 0. The van der Waals surface area contributed by atoms with E-state index < -0.39 is 0 Å². The Bertz CT molecular complexity index is 934. The van der Waals surface area contributed by atoms with Crippen molar-refractivity contribution in [3.8, 4) is 5.75 Å². The molecule has 4 rings (SSSR count). The number of phenols is 1. The molecule has 1 N–H and O–H groups in total. The van der Waals surface area contributed by atoms with Crippen molar-refractivity contribution >= 4 is 33.0 Å². The monoisotopic (exact) mass is 247 g/mol. The average molecular weight is 247 g/mol. The highest BCUT2D eigenvalue weighted by Gasteiger charge is 2.09. The largest absolute Gasteiger partial charge is 0.506 e. The van der Waals surface area contributed by atoms with Gasteiger partial charge in [0.05, 0.1) is 22.1 Å². The molecule has 0 bridgehead atoms. The lowest BCUT2D eigenvalue weighted by molar-refractivity contribution is 0.481. The quantitative estimate of drug-likeness (QED) is 0.383. The van der Waals surface area contributed by atoms with E-state index in [0.717, 1.165) is 21.9 Å². The highest BCUT2D eigenvalue weighted by Crippen LogP contribution is 2.30. The van der Waals surface area contributed by atoms with E-state index in [1.807, 2.05) is 36.4 Å². The van der Waals surface area contributed by atoms with Gasteiger partial charge >= 0.3 is 0 Å². The number of aromatic hydroxyl groups is 1. The van der Waals surface area contributed by atoms with Gasteiger partial charge in [-0.3, -0.25) is 4.98 Å². The highest BCUT2D eigenvalue weighted by molar-refractivity contribution is 6.06. The van der Waals surface area contributed by atoms with Crippen LogP contribution >= 0.6 is 0 Å². The normalized spacial score (nSPS) is 11.4. The third kappa shape index (κ3) is 1.43. The van der Waals surface area contributed by atoms with Gasteiger partial charge in [0.1, 0.15) is 11.3 Å². The lowest BCUT2D eigenvalue weighted by atomic mass is 10.1. The van der Waals surface area contributed by atoms with E-state index in [4.69, 9.17) is 0 Å². The summed E-state index contributed by atoms with van der Waals surface area (Å²) in [6, 6.07) is 13.0. The predicted octanol–water partition coefficient (Wildman–Crippen LogP) is 3.04. The number of rotatable bonds is 0. The molecule has 0 aliphatic rings. The Kier molecular flexibility index (Phi) is 1.94. The zero-order valence-corrected chi connectivity index (χ0v) is 9.91. The Hall–Kier alpha value is -2.75. The van der Waals surface area contributed by atoms with Crippen molar-refractivity contribution in [2.24, 2.45) is 0 Å². The van der Waals surface area contributed by atoms with Crippen LogP contribution in [0.5, 0.6) is 5.75 Å². The minimum Gasteiger partial charge on any atom is -0.506 e. The summed E-state index contributed by atoms with van der Waals surface area (Å²) in [7, 11) is 0. The molecule has 0 atom stereocenters. The molecule has 0 spiro atoms. The smallest absolute Gasteiger partial charge is 0.144 e. The SMILES string of the molecule is Oc1cc2nc3ccccc3nc2c2cccnc12. The van der Waals surface area contributed by atoms with E-state index in [1.165, 1.54) is 0 Å². The van der Waals surface area contributed by atoms with Crippen molar-refractivity contribution in [3.05, 3.63) is 48.7 Å². The topological polar surface area (TPSA) is 58.9 Å². The van der Waals surface area contributed by atoms with Crippen LogP contribution in [0.15, 0.2) is 48.7 Å². The number of benzene rings is 2. The molecule has 19 heavy (non-hydrogen) atoms. The van der Waals surface area contributed by atoms with Gasteiger partial charge in [-0.15, -0.1) is 0 Å². The van der Waals surface area contributed by atoms with Crippen molar-refractivity contribution in [2.45, 2.75) is 0 Å². The van der Waals surface area contributed by atoms with Gasteiger partial charge in [0.25, 0.3) is 0 Å². The summed E-state index contributed by atoms with van der Waals surface area (Å²) in [5, 5.41) is 10.8. The van der Waals surface area contributed by atoms with Gasteiger partial charge in [0, 0.05) is 17.6 Å². The minimum absolute atomic E-state index is 0.132. The maximum Gasteiger partial charge on any atom is 0.144 e. The number of pyridine rings is 1. The van der Waals surface area contributed by atoms with Gasteiger partial charge in [0.15, 0.2) is 0 Å². The molecular weight excluding hydrogens is 238 g/mol. The molecule has 2 aromatic heterocycles. The lowest BCUT2D eigenvalue weighted by Gasteiger charge is -2.05. The van der Waals surface area contributed by atoms with E-state index in [1.54, 1.807) is 12.3 Å². The average Bonchev–Trinajstić information content (AvgIpc) is 2.46. The van der Waals surface area contributed by atoms with Crippen molar-refractivity contribution in [1.82, 2.24) is 15.0 Å². The highest BCUT2D eigenvalue weighted by atomic mass is 16.3. The van der Waals surface area contributed by atoms with Gasteiger partial charge in [-0.2, -0.15) is 0 Å². The summed E-state index contributed by atoms with van der Waals surface area (Å²) >= 11 is 0. The fourth-order valence-electron chi connectivity index (χ4n) is 2.31. The van der Waals surface area contributed by atoms with Crippen molar-refractivity contribution in [3.63, 3.8) is 0 Å². The van der Waals surface area contributed by atoms with Crippen molar-refractivity contribution < 1.29 is 5.11 Å². The second kappa shape index (κ2) is 3.62. The fourth-order valence-corrected chi connectivity index (χ4v) is 2.31. The third-order valence-corrected chi connectivity index (χ3v) is 3.18. The number of nitrogens with zero attached hydrogens (tertiary/aromatic N) is 3. The van der Waals surface area contributed by atoms with Gasteiger partial charge < -0.3 is 5.11 Å². The second-order valence-electron chi connectivity index (χ2n) is 4.38. The Labute approximate surface area is 108 Å². The van der Waals surface area contributed by atoms with Crippen LogP contribution in [-0.4, -0.2) is 20.1 Å². The number of hydrogen-bond acceptors (Lipinski definition) is 4. The van der Waals surface area contributed by atoms with Gasteiger partial charge in [0.2, 0.25) is 0 Å². The van der Waals surface area contributed by atoms with Crippen LogP contribution < -0.4 is 0 Å². The first-order valence-corrected chi connectivity index (χ1v) is 5.96. The first-order chi connectivity index (χ1) is 9.33. The molecule has 0 aliphatic heterocycles. The van der Waals surface area contributed by atoms with Crippen molar-refractivity contribution in [2.75, 3.05) is 0 Å². The first kappa shape index (κ1) is 10.2. The molecule has 0 radical (unpaired) electrons. The van der Waals surface area contributed by atoms with E-state index in [-0.39, 0.29) is 5.75 Å². The summed E-state index contributed by atoms with van der Waals surface area (Å²) in [5.41, 5.74) is 3.65. The third-order valence-electron chi connectivity index (χ3n) is 3.18. The molecule has 0 amide bonds. The van der Waals surface area contributed by atoms with Gasteiger partial charge in [-0.1, -0.05) is 12.1 Å². The molecule has 4 aromatic rings. The van der Waals surface area contributed by atoms with Crippen molar-refractivity contribution in [1.29, 1.82) is 0 Å². The van der Waals surface area contributed by atoms with E-state index in [2.05, 4.69) is 15.0 Å². The van der Waals surface area contributed by atoms with Crippen LogP contribution in [0.3, 0.4) is 0 Å². The molecule has 4 nitrogen and oxygen atoms in total. The second-order valence-corrected chi connectivity index (χ2v) is 4.38. The van der Waals surface area contributed by atoms with Gasteiger partial charge in [-0.05, 0) is 24.3 Å². The molecule has 2 heterocycles. The number of hydrogen-bond donors (Lipinski definition) is 1. The Balaban J connectivity index is 2.29. The number of para-hydroxylation sites is 2. The van der Waals surface area contributed by atoms with Crippen LogP contribution in [0, 0.1) is 0 Å². The molecule has 0 unspecified atom stereocenters. The summed E-state index contributed by atoms with van der Waals surface area (Å²) in [5.74, 6) is 0.132. The Morgan fingerprint density at radius 1 is 0.789 bits per heavy atom. The summed E-state index contributed by atoms with van der Waals surface area (Å²) in [4.78, 5) is 13.4. The van der Waals surface area contributed by atoms with Gasteiger partial charge in [-0.25, -0.2) is 9.97 Å². The van der Waals surface area contributed by atoms with Crippen LogP contribution in [0.25, 0.3) is 33.0 Å². The summed E-state index contributed by atoms with van der Waals surface area (Å²) < 4.78 is 0. The van der Waals surface area contributed by atoms with Crippen LogP contribution in [0.2, 0.25) is 0 Å². The Morgan fingerprint density at radius 3 is 2.42 bits per heavy atom. The maximum absolute atomic E-state index is 10.0. The lowest BCUT2D eigenvalue weighted by Crippen LogP contribution is -1.90. The summed E-state index contributed by atoms with van der Waals surface area (Å²) in [6.07, 6.45) is 1.66. The number of phenolic OH excluding ortho intramolecular Hbond substituents is 1. The van der Waals surface area contributed by atoms with Crippen LogP contribution in [0.4, 0.5) is 0 Å². The van der Waals surface area contributed by atoms with Crippen LogP contribution in [0.1, 0.15) is 0 Å². The van der Waals surface area contributed by atoms with E-state index >= 15 is 0 Å². The Morgan fingerprint density at radius 2 is 1.58 bits per heavy atom. The zero-order chi connectivity index (χ0) is 12.8. The molecule has 0 fully saturated rings. The molecule has 2 aromatic carbocycles. The fraction of sp³-hybridized carbons (Fsp3) is 0. The van der Waals surface area contributed by atoms with E-state index in [0.29, 0.717) is 11.0 Å². The molecule has 0 saturated carbocycles. The molecular formula is C15H9N3O. The standard InChI is InChI=1S/C15H9N3O/c19-13-8-12-14(9-4-3-7-16-15(9)13)18-11-6-2-1-5-10(11)17-12/h1-8,19H. The van der Waals surface area contributed by atoms with Crippen LogP contribution in [-0.2, 0) is 0 Å². The molecule has 0 saturated heterocycles. The zero-order valence-electron chi connectivity index (χ0n) is 9.91. The van der Waals surface area contributed by atoms with E-state index in [9.17, 15) is 5.11 Å². The molecule has 4 heteroatoms.